The number of methoxy groups -OCH3 is 1. The van der Waals surface area contributed by atoms with E-state index < -0.39 is 19.2 Å². The van der Waals surface area contributed by atoms with Crippen molar-refractivity contribution in [2.75, 3.05) is 26.8 Å². The minimum Gasteiger partial charge on any atom is -0.394 e. The molecule has 1 unspecified atom stereocenters. The first-order valence-corrected chi connectivity index (χ1v) is 10.5. The predicted octanol–water partition coefficient (Wildman–Crippen LogP) is 6.27. The van der Waals surface area contributed by atoms with Crippen molar-refractivity contribution in [1.29, 1.82) is 0 Å². The molecule has 3 heteroatoms. The Morgan fingerprint density at radius 3 is 1.52 bits per heavy atom. The second kappa shape index (κ2) is 21.9. The van der Waals surface area contributed by atoms with Gasteiger partial charge in [-0.3, -0.25) is 0 Å². The summed E-state index contributed by atoms with van der Waals surface area (Å²) in [7, 11) is 0.983. The molecule has 3 nitrogen and oxygen atoms in total. The van der Waals surface area contributed by atoms with Gasteiger partial charge in [-0.2, -0.15) is 0 Å². The molecule has 152 valence electrons. The summed E-state index contributed by atoms with van der Waals surface area (Å²) in [5, 5.41) is 9.42. The number of unbranched alkanes of at least 4 members (excludes halogenated alkanes) is 15. The highest BCUT2D eigenvalue weighted by Crippen LogP contribution is 2.13. The lowest BCUT2D eigenvalue weighted by molar-refractivity contribution is -0.0205. The molecular weight excluding hydrogens is 312 g/mol. The van der Waals surface area contributed by atoms with Crippen LogP contribution in [-0.2, 0) is 9.47 Å². The van der Waals surface area contributed by atoms with Gasteiger partial charge in [-0.25, -0.2) is 0 Å². The molecule has 0 bridgehead atoms. The van der Waals surface area contributed by atoms with Gasteiger partial charge >= 0.3 is 0 Å². The lowest BCUT2D eigenvalue weighted by atomic mass is 10.0. The highest BCUT2D eigenvalue weighted by molar-refractivity contribution is 4.53. The maximum absolute atomic E-state index is 9.42. The Bertz CT molecular complexity index is 405. The van der Waals surface area contributed by atoms with Crippen LogP contribution in [0.4, 0.5) is 0 Å². The minimum absolute atomic E-state index is 0.0610. The molecule has 0 aromatic rings. The van der Waals surface area contributed by atoms with Gasteiger partial charge in [0.05, 0.1) is 20.0 Å². The van der Waals surface area contributed by atoms with Crippen LogP contribution in [0.25, 0.3) is 0 Å². The van der Waals surface area contributed by atoms with Gasteiger partial charge in [0, 0.05) is 13.7 Å². The third-order valence-electron chi connectivity index (χ3n) is 4.57. The highest BCUT2D eigenvalue weighted by Gasteiger charge is 2.04. The average molecular weight is 364 g/mol. The maximum atomic E-state index is 9.42. The van der Waals surface area contributed by atoms with Gasteiger partial charge in [0.15, 0.2) is 0 Å². The molecule has 1 N–H and O–H groups in total. The van der Waals surface area contributed by atoms with E-state index in [9.17, 15) is 5.11 Å². The van der Waals surface area contributed by atoms with E-state index in [4.69, 9.17) is 11.6 Å². The lowest BCUT2D eigenvalue weighted by Gasteiger charge is -2.12. The monoisotopic (exact) mass is 363 g/mol. The molecule has 0 amide bonds. The molecule has 0 radical (unpaired) electrons. The maximum Gasteiger partial charge on any atom is 0.103 e. The summed E-state index contributed by atoms with van der Waals surface area (Å²) >= 11 is 0. The van der Waals surface area contributed by atoms with E-state index in [0.29, 0.717) is 6.42 Å². The summed E-state index contributed by atoms with van der Waals surface area (Å²) in [5.41, 5.74) is 0. The molecular formula is C22H46O3. The van der Waals surface area contributed by atoms with Crippen LogP contribution in [0.1, 0.15) is 117 Å². The third-order valence-corrected chi connectivity index (χ3v) is 4.57. The van der Waals surface area contributed by atoms with Crippen LogP contribution >= 0.6 is 0 Å². The van der Waals surface area contributed by atoms with Crippen molar-refractivity contribution in [2.45, 2.75) is 116 Å². The quantitative estimate of drug-likeness (QED) is 0.244. The molecule has 0 aromatic carbocycles. The molecule has 0 saturated heterocycles. The standard InChI is InChI=1S/C22H46O3/c1-3-4-5-6-7-8-9-10-11-12-13-14-15-16-17-18-19-25-21-22(20-23)24-2/h22-23H,3-21H2,1-2H3/i20D2,21D2,22D. The van der Waals surface area contributed by atoms with Crippen LogP contribution in [0.2, 0.25) is 0 Å². The molecule has 0 spiro atoms. The number of hydrogen-bond donors (Lipinski definition) is 1. The van der Waals surface area contributed by atoms with Gasteiger partial charge in [-0.15, -0.1) is 0 Å². The minimum atomic E-state index is -3.18. The van der Waals surface area contributed by atoms with Gasteiger partial charge in [-0.1, -0.05) is 103 Å². The molecule has 0 aliphatic heterocycles. The van der Waals surface area contributed by atoms with Gasteiger partial charge in [0.1, 0.15) is 6.08 Å². The summed E-state index contributed by atoms with van der Waals surface area (Å²) in [6.07, 6.45) is 17.1. The normalized spacial score (nSPS) is 18.0. The van der Waals surface area contributed by atoms with E-state index in [1.165, 1.54) is 77.0 Å². The molecule has 25 heavy (non-hydrogen) atoms. The number of rotatable bonds is 21. The van der Waals surface area contributed by atoms with Gasteiger partial charge < -0.3 is 14.6 Å². The molecule has 0 saturated carbocycles. The van der Waals surface area contributed by atoms with Crippen molar-refractivity contribution in [3.05, 3.63) is 0 Å². The number of aliphatic hydroxyl groups is 1. The van der Waals surface area contributed by atoms with Crippen LogP contribution in [0.5, 0.6) is 0 Å². The van der Waals surface area contributed by atoms with Crippen molar-refractivity contribution < 1.29 is 21.4 Å². The first kappa shape index (κ1) is 17.0. The number of ether oxygens (including phenoxy) is 2. The van der Waals surface area contributed by atoms with E-state index in [2.05, 4.69) is 11.7 Å². The van der Waals surface area contributed by atoms with E-state index in [-0.39, 0.29) is 6.61 Å². The molecule has 0 rings (SSSR count). The fourth-order valence-corrected chi connectivity index (χ4v) is 2.95. The zero-order valence-electron chi connectivity index (χ0n) is 21.8. The summed E-state index contributed by atoms with van der Waals surface area (Å²) in [6, 6.07) is 0. The van der Waals surface area contributed by atoms with Crippen molar-refractivity contribution in [2.24, 2.45) is 0 Å². The zero-order valence-corrected chi connectivity index (χ0v) is 16.8. The second-order valence-electron chi connectivity index (χ2n) is 6.90. The van der Waals surface area contributed by atoms with E-state index in [1.807, 2.05) is 0 Å². The van der Waals surface area contributed by atoms with Crippen LogP contribution in [0, 0.1) is 0 Å². The second-order valence-corrected chi connectivity index (χ2v) is 6.90. The fourth-order valence-electron chi connectivity index (χ4n) is 2.95. The van der Waals surface area contributed by atoms with Crippen molar-refractivity contribution >= 4 is 0 Å². The van der Waals surface area contributed by atoms with Crippen molar-refractivity contribution in [1.82, 2.24) is 0 Å². The fraction of sp³-hybridized carbons (Fsp3) is 1.00. The molecule has 0 aliphatic rings. The Morgan fingerprint density at radius 2 is 1.16 bits per heavy atom. The van der Waals surface area contributed by atoms with E-state index >= 15 is 0 Å². The Balaban J connectivity index is 3.56. The third kappa shape index (κ3) is 20.0. The average Bonchev–Trinajstić information content (AvgIpc) is 2.68. The molecule has 0 heterocycles. The summed E-state index contributed by atoms with van der Waals surface area (Å²) < 4.78 is 47.4. The largest absolute Gasteiger partial charge is 0.394 e. The SMILES string of the molecule is [2H]C([2H])(O)C([2H])(OC)C([2H])([2H])OCCCCCCCCCCCCCCCCCC. The smallest absolute Gasteiger partial charge is 0.103 e. The summed E-state index contributed by atoms with van der Waals surface area (Å²) in [6.45, 7) is -3.62. The van der Waals surface area contributed by atoms with Crippen LogP contribution in [0.3, 0.4) is 0 Å². The van der Waals surface area contributed by atoms with Crippen LogP contribution in [-0.4, -0.2) is 38.0 Å². The highest BCUT2D eigenvalue weighted by atomic mass is 16.5. The van der Waals surface area contributed by atoms with Crippen molar-refractivity contribution in [3.8, 4) is 0 Å². The van der Waals surface area contributed by atoms with Gasteiger partial charge in [-0.05, 0) is 6.42 Å². The van der Waals surface area contributed by atoms with E-state index in [0.717, 1.165) is 26.4 Å². The van der Waals surface area contributed by atoms with Crippen LogP contribution in [0.15, 0.2) is 0 Å². The van der Waals surface area contributed by atoms with E-state index in [1.54, 1.807) is 0 Å². The topological polar surface area (TPSA) is 38.7 Å². The van der Waals surface area contributed by atoms with Gasteiger partial charge in [0.2, 0.25) is 0 Å². The molecule has 0 fully saturated rings. The molecule has 0 aliphatic carbocycles. The Morgan fingerprint density at radius 1 is 0.760 bits per heavy atom. The molecule has 0 aromatic heterocycles. The Kier molecular flexibility index (Phi) is 14.9. The van der Waals surface area contributed by atoms with Gasteiger partial charge in [0.25, 0.3) is 0 Å². The Hall–Kier alpha value is -0.120. The summed E-state index contributed by atoms with van der Waals surface area (Å²) in [5.74, 6) is 0. The first-order valence-electron chi connectivity index (χ1n) is 13.0. The van der Waals surface area contributed by atoms with Crippen molar-refractivity contribution in [3.63, 3.8) is 0 Å². The zero-order chi connectivity index (χ0) is 22.9. The number of hydrogen-bond acceptors (Lipinski definition) is 3. The molecule has 1 atom stereocenters. The summed E-state index contributed by atoms with van der Waals surface area (Å²) in [4.78, 5) is 0. The predicted molar refractivity (Wildman–Crippen MR) is 108 cm³/mol. The Labute approximate surface area is 164 Å². The lowest BCUT2D eigenvalue weighted by Crippen LogP contribution is -2.22. The first-order chi connectivity index (χ1) is 14.1. The van der Waals surface area contributed by atoms with Crippen LogP contribution < -0.4 is 0 Å².